The molecule has 5 aromatic rings. The van der Waals surface area contributed by atoms with E-state index in [2.05, 4.69) is 117 Å². The SMILES string of the molecule is CCCCC(=O)NC1=CC(=[N+](c2ccc(C)cc2)c2ccc(C)cc2)C=C/C1=C1/C(=O)C(c2ccc(N(c3ccc(C)cc3)c3ccc(C)cc3)cc2NC(=O)CCCC)=C1O. The maximum absolute atomic E-state index is 14.5. The molecular weight excluding hydrogens is 769 g/mol. The van der Waals surface area contributed by atoms with Crippen LogP contribution in [0, 0.1) is 27.7 Å². The number of carbonyl (C=O) groups is 3. The molecule has 0 saturated carbocycles. The standard InChI is InChI=1S/C54H54N4O4/c1-7-9-11-49(59)55-47-33-43(57(39-21-13-35(3)14-22-39)40-23-15-36(4)16-24-40)29-31-45(47)51-53(61)52(54(51)62)46-32-30-44(34-48(46)56-50(60)12-10-8-2)58(41-25-17-37(5)18-26-41)42-27-19-38(6)20-28-42/h13-34H,7-12H2,1-6H3,(H2,55,56,59,60,61,62)/p+1. The fourth-order valence-corrected chi connectivity index (χ4v) is 7.66. The molecule has 0 radical (unpaired) electrons. The first-order valence-electron chi connectivity index (χ1n) is 21.6. The number of unbranched alkanes of at least 4 members (excludes halogenated alkanes) is 2. The van der Waals surface area contributed by atoms with Gasteiger partial charge in [0.05, 0.1) is 22.5 Å². The molecule has 0 saturated heterocycles. The van der Waals surface area contributed by atoms with Crippen molar-refractivity contribution in [3.63, 3.8) is 0 Å². The molecule has 0 aromatic heterocycles. The number of aliphatic hydroxyl groups excluding tert-OH is 1. The molecule has 7 rings (SSSR count). The van der Waals surface area contributed by atoms with E-state index >= 15 is 0 Å². The van der Waals surface area contributed by atoms with Crippen molar-refractivity contribution >= 4 is 63.0 Å². The number of hydrogen-bond acceptors (Lipinski definition) is 5. The van der Waals surface area contributed by atoms with Gasteiger partial charge in [-0.3, -0.25) is 14.4 Å². The van der Waals surface area contributed by atoms with E-state index in [0.29, 0.717) is 48.2 Å². The highest BCUT2D eigenvalue weighted by Gasteiger charge is 2.40. The smallest absolute Gasteiger partial charge is 0.224 e. The molecule has 2 amide bonds. The number of carbonyl (C=O) groups excluding carboxylic acids is 3. The normalized spacial score (nSPS) is 14.6. The second kappa shape index (κ2) is 19.1. The van der Waals surface area contributed by atoms with E-state index in [4.69, 9.17) is 0 Å². The third-order valence-electron chi connectivity index (χ3n) is 11.2. The molecule has 0 bridgehead atoms. The highest BCUT2D eigenvalue weighted by atomic mass is 16.3. The van der Waals surface area contributed by atoms with Gasteiger partial charge in [0, 0.05) is 77.5 Å². The molecule has 2 aliphatic carbocycles. The van der Waals surface area contributed by atoms with Gasteiger partial charge in [0.2, 0.25) is 34.7 Å². The Morgan fingerprint density at radius 2 is 1.06 bits per heavy atom. The molecule has 62 heavy (non-hydrogen) atoms. The number of amides is 2. The van der Waals surface area contributed by atoms with Gasteiger partial charge >= 0.3 is 0 Å². The summed E-state index contributed by atoms with van der Waals surface area (Å²) in [5.74, 6) is -0.957. The Balaban J connectivity index is 1.36. The molecular formula is C54H55N4O4+. The van der Waals surface area contributed by atoms with Crippen molar-refractivity contribution in [2.45, 2.75) is 80.1 Å². The summed E-state index contributed by atoms with van der Waals surface area (Å²) in [5.41, 5.74) is 11.6. The van der Waals surface area contributed by atoms with Gasteiger partial charge in [0.15, 0.2) is 0 Å². The summed E-state index contributed by atoms with van der Waals surface area (Å²) in [7, 11) is 0. The van der Waals surface area contributed by atoms with Crippen LogP contribution in [0.15, 0.2) is 156 Å². The molecule has 2 aliphatic rings. The summed E-state index contributed by atoms with van der Waals surface area (Å²) < 4.78 is 2.10. The fourth-order valence-electron chi connectivity index (χ4n) is 7.66. The van der Waals surface area contributed by atoms with Gasteiger partial charge in [0.25, 0.3) is 0 Å². The predicted octanol–water partition coefficient (Wildman–Crippen LogP) is 12.4. The Bertz CT molecular complexity index is 2570. The third kappa shape index (κ3) is 9.45. The zero-order chi connectivity index (χ0) is 43.9. The second-order valence-electron chi connectivity index (χ2n) is 16.2. The van der Waals surface area contributed by atoms with Gasteiger partial charge in [-0.15, -0.1) is 0 Å². The Kier molecular flexibility index (Phi) is 13.3. The van der Waals surface area contributed by atoms with Gasteiger partial charge in [-0.05, 0) is 89.1 Å². The number of allylic oxidation sites excluding steroid dienone is 5. The van der Waals surface area contributed by atoms with E-state index in [9.17, 15) is 19.5 Å². The van der Waals surface area contributed by atoms with Crippen LogP contribution in [-0.2, 0) is 14.4 Å². The summed E-state index contributed by atoms with van der Waals surface area (Å²) in [6, 6.07) is 38.4. The first kappa shape index (κ1) is 43.0. The highest BCUT2D eigenvalue weighted by Crippen LogP contribution is 2.45. The minimum atomic E-state index is -0.390. The van der Waals surface area contributed by atoms with Crippen LogP contribution in [0.2, 0.25) is 0 Å². The minimum absolute atomic E-state index is 0.0998. The number of nitrogens with one attached hydrogen (secondary N) is 2. The van der Waals surface area contributed by atoms with Crippen molar-refractivity contribution in [3.05, 3.63) is 184 Å². The van der Waals surface area contributed by atoms with Crippen molar-refractivity contribution in [2.24, 2.45) is 0 Å². The van der Waals surface area contributed by atoms with Crippen LogP contribution in [0.4, 0.5) is 34.1 Å². The van der Waals surface area contributed by atoms with Gasteiger partial charge in [0.1, 0.15) is 5.76 Å². The van der Waals surface area contributed by atoms with Gasteiger partial charge in [-0.2, -0.15) is 4.58 Å². The number of ketones is 1. The number of aryl methyl sites for hydroxylation is 4. The van der Waals surface area contributed by atoms with Crippen LogP contribution in [0.1, 0.15) is 80.2 Å². The number of Topliss-reactive ketones (excluding diaryl/α,β-unsaturated/α-hetero) is 1. The highest BCUT2D eigenvalue weighted by molar-refractivity contribution is 6.40. The molecule has 0 fully saturated rings. The lowest BCUT2D eigenvalue weighted by Crippen LogP contribution is -2.31. The molecule has 0 spiro atoms. The molecule has 3 N–H and O–H groups in total. The van der Waals surface area contributed by atoms with Crippen molar-refractivity contribution in [1.82, 2.24) is 9.89 Å². The van der Waals surface area contributed by atoms with Crippen LogP contribution in [0.5, 0.6) is 0 Å². The summed E-state index contributed by atoms with van der Waals surface area (Å²) in [4.78, 5) is 43.5. The molecule has 8 heteroatoms. The van der Waals surface area contributed by atoms with Crippen LogP contribution in [0.3, 0.4) is 0 Å². The van der Waals surface area contributed by atoms with Gasteiger partial charge < -0.3 is 20.6 Å². The summed E-state index contributed by atoms with van der Waals surface area (Å²) >= 11 is 0. The van der Waals surface area contributed by atoms with Crippen molar-refractivity contribution in [2.75, 3.05) is 10.2 Å². The van der Waals surface area contributed by atoms with Crippen LogP contribution < -0.4 is 20.1 Å². The molecule has 314 valence electrons. The largest absolute Gasteiger partial charge is 0.506 e. The topological polar surface area (TPSA) is 102 Å². The maximum Gasteiger partial charge on any atom is 0.224 e. The molecule has 8 nitrogen and oxygen atoms in total. The van der Waals surface area contributed by atoms with Crippen LogP contribution in [0.25, 0.3) is 5.57 Å². The van der Waals surface area contributed by atoms with E-state index in [0.717, 1.165) is 69.2 Å². The lowest BCUT2D eigenvalue weighted by atomic mass is 9.78. The van der Waals surface area contributed by atoms with E-state index in [1.165, 1.54) is 0 Å². The minimum Gasteiger partial charge on any atom is -0.506 e. The quantitative estimate of drug-likeness (QED) is 0.0765. The monoisotopic (exact) mass is 823 g/mol. The lowest BCUT2D eigenvalue weighted by Gasteiger charge is -2.29. The number of anilines is 4. The molecule has 0 heterocycles. The number of rotatable bonds is 14. The first-order valence-corrected chi connectivity index (χ1v) is 21.6. The van der Waals surface area contributed by atoms with Crippen LogP contribution in [-0.4, -0.2) is 28.4 Å². The average Bonchev–Trinajstić information content (AvgIpc) is 3.26. The zero-order valence-corrected chi connectivity index (χ0v) is 36.5. The lowest BCUT2D eigenvalue weighted by molar-refractivity contribution is -0.120. The zero-order valence-electron chi connectivity index (χ0n) is 36.5. The molecule has 0 unspecified atom stereocenters. The summed E-state index contributed by atoms with van der Waals surface area (Å²) in [6.07, 6.45) is 9.29. The van der Waals surface area contributed by atoms with Crippen molar-refractivity contribution < 1.29 is 19.5 Å². The maximum atomic E-state index is 14.5. The number of nitrogens with zero attached hydrogens (tertiary/aromatic N) is 2. The Labute approximate surface area is 365 Å². The second-order valence-corrected chi connectivity index (χ2v) is 16.2. The Hall–Kier alpha value is -7.06. The van der Waals surface area contributed by atoms with E-state index in [1.807, 2.05) is 65.8 Å². The van der Waals surface area contributed by atoms with E-state index < -0.39 is 0 Å². The van der Waals surface area contributed by atoms with E-state index in [1.54, 1.807) is 12.1 Å². The fraction of sp³-hybridized carbons (Fsp3) is 0.222. The molecule has 5 aromatic carbocycles. The number of aliphatic hydroxyl groups is 1. The average molecular weight is 824 g/mol. The van der Waals surface area contributed by atoms with Gasteiger partial charge in [-0.25, -0.2) is 0 Å². The predicted molar refractivity (Wildman–Crippen MR) is 254 cm³/mol. The number of benzene rings is 5. The van der Waals surface area contributed by atoms with Crippen molar-refractivity contribution in [3.8, 4) is 0 Å². The van der Waals surface area contributed by atoms with Crippen LogP contribution >= 0.6 is 0 Å². The third-order valence-corrected chi connectivity index (χ3v) is 11.2. The summed E-state index contributed by atoms with van der Waals surface area (Å²) in [6.45, 7) is 12.2. The summed E-state index contributed by atoms with van der Waals surface area (Å²) in [5, 5.41) is 18.2. The Morgan fingerprint density at radius 3 is 1.55 bits per heavy atom. The number of hydrogen-bond donors (Lipinski definition) is 3. The molecule has 0 aliphatic heterocycles. The Morgan fingerprint density at radius 1 is 0.597 bits per heavy atom. The van der Waals surface area contributed by atoms with E-state index in [-0.39, 0.29) is 34.5 Å². The molecule has 0 atom stereocenters. The van der Waals surface area contributed by atoms with Crippen molar-refractivity contribution in [1.29, 1.82) is 0 Å². The van der Waals surface area contributed by atoms with Gasteiger partial charge in [-0.1, -0.05) is 97.5 Å². The first-order chi connectivity index (χ1) is 29.9.